The smallest absolute Gasteiger partial charge is 0.423 e. The van der Waals surface area contributed by atoms with Crippen LogP contribution in [0.4, 0.5) is 26.3 Å². The maximum Gasteiger partial charge on any atom is 0.573 e. The maximum atomic E-state index is 13.2. The SMILES string of the molecule is OB(O)c1ccnc(C(F)(F)F)c1-c1ccccc1OC(F)(F)F. The number of halogens is 6. The summed E-state index contributed by atoms with van der Waals surface area (Å²) in [5.41, 5.74) is -3.75. The van der Waals surface area contributed by atoms with E-state index in [2.05, 4.69) is 9.72 Å². The fourth-order valence-corrected chi connectivity index (χ4v) is 2.08. The van der Waals surface area contributed by atoms with Gasteiger partial charge in [0.05, 0.1) is 0 Å². The maximum absolute atomic E-state index is 13.2. The van der Waals surface area contributed by atoms with Crippen molar-refractivity contribution in [3.63, 3.8) is 0 Å². The van der Waals surface area contributed by atoms with Crippen LogP contribution in [0.25, 0.3) is 11.1 Å². The average Bonchev–Trinajstić information content (AvgIpc) is 2.44. The molecule has 4 nitrogen and oxygen atoms in total. The van der Waals surface area contributed by atoms with Gasteiger partial charge in [-0.25, -0.2) is 0 Å². The molecule has 2 rings (SSSR count). The van der Waals surface area contributed by atoms with E-state index in [-0.39, 0.29) is 0 Å². The minimum absolute atomic E-state index is 0.627. The highest BCUT2D eigenvalue weighted by Gasteiger charge is 2.40. The van der Waals surface area contributed by atoms with E-state index < -0.39 is 47.7 Å². The number of rotatable bonds is 3. The average molecular weight is 351 g/mol. The molecule has 0 aliphatic carbocycles. The van der Waals surface area contributed by atoms with E-state index in [4.69, 9.17) is 0 Å². The fraction of sp³-hybridized carbons (Fsp3) is 0.154. The van der Waals surface area contributed by atoms with E-state index in [9.17, 15) is 36.4 Å². The summed E-state index contributed by atoms with van der Waals surface area (Å²) in [5, 5.41) is 18.6. The molecular weight excluding hydrogens is 343 g/mol. The summed E-state index contributed by atoms with van der Waals surface area (Å²) in [6.45, 7) is 0. The first-order chi connectivity index (χ1) is 11.0. The molecule has 0 aliphatic rings. The molecule has 0 unspecified atom stereocenters. The number of benzene rings is 1. The van der Waals surface area contributed by atoms with Crippen molar-refractivity contribution < 1.29 is 41.1 Å². The number of hydrogen-bond acceptors (Lipinski definition) is 4. The van der Waals surface area contributed by atoms with Gasteiger partial charge in [0.25, 0.3) is 0 Å². The van der Waals surface area contributed by atoms with Gasteiger partial charge >= 0.3 is 19.7 Å². The Balaban J connectivity index is 2.77. The largest absolute Gasteiger partial charge is 0.573 e. The van der Waals surface area contributed by atoms with E-state index in [0.29, 0.717) is 6.20 Å². The highest BCUT2D eigenvalue weighted by molar-refractivity contribution is 6.60. The van der Waals surface area contributed by atoms with Gasteiger partial charge in [0.1, 0.15) is 5.75 Å². The van der Waals surface area contributed by atoms with Gasteiger partial charge in [-0.05, 0) is 17.6 Å². The van der Waals surface area contributed by atoms with Crippen LogP contribution < -0.4 is 10.2 Å². The molecule has 1 aromatic carbocycles. The molecule has 0 radical (unpaired) electrons. The molecule has 0 bridgehead atoms. The normalized spacial score (nSPS) is 12.2. The zero-order valence-electron chi connectivity index (χ0n) is 11.6. The van der Waals surface area contributed by atoms with Crippen LogP contribution in [0.15, 0.2) is 36.5 Å². The zero-order chi connectivity index (χ0) is 18.1. The second kappa shape index (κ2) is 6.32. The van der Waals surface area contributed by atoms with Crippen molar-refractivity contribution in [3.05, 3.63) is 42.2 Å². The van der Waals surface area contributed by atoms with Gasteiger partial charge < -0.3 is 14.8 Å². The van der Waals surface area contributed by atoms with Crippen molar-refractivity contribution in [2.75, 3.05) is 0 Å². The van der Waals surface area contributed by atoms with Crippen molar-refractivity contribution >= 4 is 12.6 Å². The second-order valence-corrected chi connectivity index (χ2v) is 4.54. The van der Waals surface area contributed by atoms with Crippen molar-refractivity contribution in [2.45, 2.75) is 12.5 Å². The summed E-state index contributed by atoms with van der Waals surface area (Å²) in [4.78, 5) is 3.12. The van der Waals surface area contributed by atoms with Crippen LogP contribution in [-0.2, 0) is 6.18 Å². The van der Waals surface area contributed by atoms with E-state index >= 15 is 0 Å². The molecule has 1 aromatic heterocycles. The monoisotopic (exact) mass is 351 g/mol. The van der Waals surface area contributed by atoms with Gasteiger partial charge in [-0.3, -0.25) is 4.98 Å². The molecule has 11 heteroatoms. The van der Waals surface area contributed by atoms with E-state index in [1.807, 2.05) is 0 Å². The number of hydrogen-bond donors (Lipinski definition) is 2. The van der Waals surface area contributed by atoms with Crippen molar-refractivity contribution in [1.82, 2.24) is 4.98 Å². The number of aromatic nitrogens is 1. The molecule has 24 heavy (non-hydrogen) atoms. The van der Waals surface area contributed by atoms with Crippen LogP contribution in [0.3, 0.4) is 0 Å². The third-order valence-electron chi connectivity index (χ3n) is 2.91. The van der Waals surface area contributed by atoms with Crippen LogP contribution in [0.2, 0.25) is 0 Å². The first-order valence-electron chi connectivity index (χ1n) is 6.28. The minimum Gasteiger partial charge on any atom is -0.423 e. The molecule has 0 atom stereocenters. The van der Waals surface area contributed by atoms with Gasteiger partial charge in [-0.15, -0.1) is 13.2 Å². The highest BCUT2D eigenvalue weighted by atomic mass is 19.4. The van der Waals surface area contributed by atoms with Crippen LogP contribution >= 0.6 is 0 Å². The second-order valence-electron chi connectivity index (χ2n) is 4.54. The highest BCUT2D eigenvalue weighted by Crippen LogP contribution is 2.39. The Kier molecular flexibility index (Phi) is 4.76. The fourth-order valence-electron chi connectivity index (χ4n) is 2.08. The third kappa shape index (κ3) is 3.98. The molecule has 2 N–H and O–H groups in total. The van der Waals surface area contributed by atoms with Gasteiger partial charge in [0.2, 0.25) is 0 Å². The predicted octanol–water partition coefficient (Wildman–Crippen LogP) is 2.35. The Hall–Kier alpha value is -2.27. The third-order valence-corrected chi connectivity index (χ3v) is 2.91. The Morgan fingerprint density at radius 2 is 1.58 bits per heavy atom. The van der Waals surface area contributed by atoms with E-state index in [0.717, 1.165) is 24.3 Å². The van der Waals surface area contributed by atoms with Gasteiger partial charge in [0, 0.05) is 17.3 Å². The Morgan fingerprint density at radius 3 is 2.12 bits per heavy atom. The minimum atomic E-state index is -5.14. The standard InChI is InChI=1S/C13H8BF6NO3/c15-12(16,17)11-10(8(14(22)23)5-6-21-11)7-3-1-2-4-9(7)24-13(18,19)20/h1-6,22-23H. The molecular formula is C13H8BF6NO3. The lowest BCUT2D eigenvalue weighted by molar-refractivity contribution is -0.274. The molecule has 0 saturated heterocycles. The van der Waals surface area contributed by atoms with Crippen molar-refractivity contribution in [3.8, 4) is 16.9 Å². The van der Waals surface area contributed by atoms with Gasteiger partial charge in [-0.1, -0.05) is 18.2 Å². The number of nitrogens with zero attached hydrogens (tertiary/aromatic N) is 1. The van der Waals surface area contributed by atoms with Gasteiger partial charge in [-0.2, -0.15) is 13.2 Å². The molecule has 0 spiro atoms. The van der Waals surface area contributed by atoms with Crippen molar-refractivity contribution in [1.29, 1.82) is 0 Å². The number of alkyl halides is 6. The number of para-hydroxylation sites is 1. The van der Waals surface area contributed by atoms with Crippen molar-refractivity contribution in [2.24, 2.45) is 0 Å². The summed E-state index contributed by atoms with van der Waals surface area (Å²) in [6.07, 6.45) is -9.51. The Labute approximate surface area is 131 Å². The molecule has 0 saturated carbocycles. The summed E-state index contributed by atoms with van der Waals surface area (Å²) in [6, 6.07) is 4.91. The zero-order valence-corrected chi connectivity index (χ0v) is 11.6. The van der Waals surface area contributed by atoms with Crippen LogP contribution in [0.5, 0.6) is 5.75 Å². The van der Waals surface area contributed by atoms with Crippen LogP contribution in [-0.4, -0.2) is 28.5 Å². The summed E-state index contributed by atoms with van der Waals surface area (Å²) < 4.78 is 80.6. The summed E-state index contributed by atoms with van der Waals surface area (Å²) >= 11 is 0. The molecule has 2 aromatic rings. The quantitative estimate of drug-likeness (QED) is 0.658. The lowest BCUT2D eigenvalue weighted by Gasteiger charge is -2.19. The summed E-state index contributed by atoms with van der Waals surface area (Å²) in [5.74, 6) is -0.926. The van der Waals surface area contributed by atoms with Crippen LogP contribution in [0.1, 0.15) is 5.69 Å². The Bertz CT molecular complexity index is 732. The number of pyridine rings is 1. The molecule has 0 fully saturated rings. The van der Waals surface area contributed by atoms with E-state index in [1.165, 1.54) is 6.07 Å². The van der Waals surface area contributed by atoms with Crippen LogP contribution in [0, 0.1) is 0 Å². The molecule has 0 aliphatic heterocycles. The topological polar surface area (TPSA) is 62.6 Å². The lowest BCUT2D eigenvalue weighted by Crippen LogP contribution is -2.34. The van der Waals surface area contributed by atoms with Gasteiger partial charge in [0.15, 0.2) is 5.69 Å². The predicted molar refractivity (Wildman–Crippen MR) is 71.2 cm³/mol. The Morgan fingerprint density at radius 1 is 0.958 bits per heavy atom. The van der Waals surface area contributed by atoms with E-state index in [1.54, 1.807) is 0 Å². The molecule has 0 amide bonds. The lowest BCUT2D eigenvalue weighted by atomic mass is 9.75. The summed E-state index contributed by atoms with van der Waals surface area (Å²) in [7, 11) is -2.36. The molecule has 1 heterocycles. The molecule has 128 valence electrons. The first kappa shape index (κ1) is 18.1. The number of ether oxygens (including phenoxy) is 1. The first-order valence-corrected chi connectivity index (χ1v) is 6.28.